The van der Waals surface area contributed by atoms with Gasteiger partial charge in [0.15, 0.2) is 11.6 Å². The van der Waals surface area contributed by atoms with Crippen molar-refractivity contribution in [2.45, 2.75) is 13.2 Å². The van der Waals surface area contributed by atoms with Crippen LogP contribution in [0.4, 0.5) is 4.39 Å². The van der Waals surface area contributed by atoms with Gasteiger partial charge in [0, 0.05) is 17.1 Å². The van der Waals surface area contributed by atoms with Gasteiger partial charge in [0.05, 0.1) is 7.11 Å². The second-order valence-corrected chi connectivity index (χ2v) is 4.59. The van der Waals surface area contributed by atoms with E-state index in [0.717, 1.165) is 5.56 Å². The summed E-state index contributed by atoms with van der Waals surface area (Å²) in [6.45, 7) is 0.514. The largest absolute Gasteiger partial charge is 0.494 e. The summed E-state index contributed by atoms with van der Waals surface area (Å²) in [5.41, 5.74) is 7.08. The van der Waals surface area contributed by atoms with Crippen molar-refractivity contribution in [3.63, 3.8) is 0 Å². The third-order valence-corrected chi connectivity index (χ3v) is 3.24. The zero-order chi connectivity index (χ0) is 14.5. The van der Waals surface area contributed by atoms with Crippen molar-refractivity contribution < 1.29 is 13.9 Å². The predicted molar refractivity (Wildman–Crippen MR) is 76.6 cm³/mol. The maximum absolute atomic E-state index is 13.6. The highest BCUT2D eigenvalue weighted by molar-refractivity contribution is 6.31. The van der Waals surface area contributed by atoms with Crippen molar-refractivity contribution in [3.8, 4) is 11.5 Å². The number of methoxy groups -OCH3 is 1. The van der Waals surface area contributed by atoms with Crippen LogP contribution in [0.1, 0.15) is 11.1 Å². The fourth-order valence-corrected chi connectivity index (χ4v) is 2.08. The maximum atomic E-state index is 13.6. The Bertz CT molecular complexity index is 604. The number of benzene rings is 2. The zero-order valence-electron chi connectivity index (χ0n) is 11.0. The first-order valence-electron chi connectivity index (χ1n) is 6.08. The van der Waals surface area contributed by atoms with E-state index in [9.17, 15) is 4.39 Å². The van der Waals surface area contributed by atoms with Crippen LogP contribution in [-0.2, 0) is 13.2 Å². The normalized spacial score (nSPS) is 10.4. The van der Waals surface area contributed by atoms with Crippen LogP contribution in [0.2, 0.25) is 5.02 Å². The summed E-state index contributed by atoms with van der Waals surface area (Å²) in [4.78, 5) is 0. The molecule has 0 saturated heterocycles. The van der Waals surface area contributed by atoms with Crippen molar-refractivity contribution in [1.82, 2.24) is 0 Å². The van der Waals surface area contributed by atoms with Crippen LogP contribution in [-0.4, -0.2) is 7.11 Å². The van der Waals surface area contributed by atoms with E-state index in [1.165, 1.54) is 13.2 Å². The SMILES string of the molecule is COc1ccc(COc2cccc(Cl)c2CN)cc1F. The first-order valence-corrected chi connectivity index (χ1v) is 6.46. The molecule has 2 aromatic rings. The van der Waals surface area contributed by atoms with Crippen LogP contribution in [0.3, 0.4) is 0 Å². The molecule has 2 rings (SSSR count). The van der Waals surface area contributed by atoms with Gasteiger partial charge < -0.3 is 15.2 Å². The fraction of sp³-hybridized carbons (Fsp3) is 0.200. The van der Waals surface area contributed by atoms with Crippen LogP contribution in [0, 0.1) is 5.82 Å². The molecule has 0 bridgehead atoms. The quantitative estimate of drug-likeness (QED) is 0.918. The number of hydrogen-bond acceptors (Lipinski definition) is 3. The molecule has 0 radical (unpaired) electrons. The lowest BCUT2D eigenvalue weighted by molar-refractivity contribution is 0.301. The van der Waals surface area contributed by atoms with Gasteiger partial charge in [-0.1, -0.05) is 23.7 Å². The van der Waals surface area contributed by atoms with Crippen LogP contribution in [0.25, 0.3) is 0 Å². The van der Waals surface area contributed by atoms with Gasteiger partial charge in [0.1, 0.15) is 12.4 Å². The molecule has 0 fully saturated rings. The zero-order valence-corrected chi connectivity index (χ0v) is 11.8. The average Bonchev–Trinajstić information content (AvgIpc) is 2.45. The predicted octanol–water partition coefficient (Wildman–Crippen LogP) is 3.53. The highest BCUT2D eigenvalue weighted by atomic mass is 35.5. The van der Waals surface area contributed by atoms with Crippen molar-refractivity contribution >= 4 is 11.6 Å². The third kappa shape index (κ3) is 3.21. The number of hydrogen-bond donors (Lipinski definition) is 1. The Hall–Kier alpha value is -1.78. The minimum absolute atomic E-state index is 0.208. The van der Waals surface area contributed by atoms with Crippen molar-refractivity contribution in [3.05, 3.63) is 58.4 Å². The Kier molecular flexibility index (Phi) is 4.82. The topological polar surface area (TPSA) is 44.5 Å². The Labute approximate surface area is 122 Å². The lowest BCUT2D eigenvalue weighted by atomic mass is 10.2. The lowest BCUT2D eigenvalue weighted by Crippen LogP contribution is -2.03. The third-order valence-electron chi connectivity index (χ3n) is 2.89. The molecule has 0 aliphatic rings. The van der Waals surface area contributed by atoms with Crippen LogP contribution in [0.5, 0.6) is 11.5 Å². The van der Waals surface area contributed by atoms with Gasteiger partial charge in [-0.2, -0.15) is 0 Å². The van der Waals surface area contributed by atoms with Gasteiger partial charge in [-0.3, -0.25) is 0 Å². The number of ether oxygens (including phenoxy) is 2. The summed E-state index contributed by atoms with van der Waals surface area (Å²) in [5.74, 6) is 0.397. The van der Waals surface area contributed by atoms with Gasteiger partial charge >= 0.3 is 0 Å². The van der Waals surface area contributed by atoms with Gasteiger partial charge in [-0.05, 0) is 29.8 Å². The molecule has 0 atom stereocenters. The molecule has 2 aromatic carbocycles. The van der Waals surface area contributed by atoms with Crippen LogP contribution < -0.4 is 15.2 Å². The van der Waals surface area contributed by atoms with Gasteiger partial charge in [0.25, 0.3) is 0 Å². The smallest absolute Gasteiger partial charge is 0.165 e. The fourth-order valence-electron chi connectivity index (χ4n) is 1.83. The Balaban J connectivity index is 2.13. The molecule has 106 valence electrons. The maximum Gasteiger partial charge on any atom is 0.165 e. The summed E-state index contributed by atoms with van der Waals surface area (Å²) in [5, 5.41) is 0.561. The van der Waals surface area contributed by atoms with E-state index in [1.807, 2.05) is 0 Å². The molecule has 0 saturated carbocycles. The molecule has 2 N–H and O–H groups in total. The number of nitrogens with two attached hydrogens (primary N) is 1. The van der Waals surface area contributed by atoms with Crippen LogP contribution in [0.15, 0.2) is 36.4 Å². The monoisotopic (exact) mass is 295 g/mol. The first-order chi connectivity index (χ1) is 9.65. The molecule has 3 nitrogen and oxygen atoms in total. The molecule has 5 heteroatoms. The Morgan fingerprint density at radius 2 is 2.00 bits per heavy atom. The Morgan fingerprint density at radius 3 is 2.65 bits per heavy atom. The molecule has 0 aromatic heterocycles. The van der Waals surface area contributed by atoms with E-state index in [2.05, 4.69) is 0 Å². The number of halogens is 2. The van der Waals surface area contributed by atoms with Crippen molar-refractivity contribution in [1.29, 1.82) is 0 Å². The molecule has 0 spiro atoms. The van der Waals surface area contributed by atoms with E-state index >= 15 is 0 Å². The molecule has 0 unspecified atom stereocenters. The lowest BCUT2D eigenvalue weighted by Gasteiger charge is -2.12. The second-order valence-electron chi connectivity index (χ2n) is 4.18. The molecule has 0 aliphatic heterocycles. The van der Waals surface area contributed by atoms with Gasteiger partial charge in [-0.25, -0.2) is 4.39 Å². The second kappa shape index (κ2) is 6.59. The van der Waals surface area contributed by atoms with Gasteiger partial charge in [-0.15, -0.1) is 0 Å². The molecule has 0 amide bonds. The van der Waals surface area contributed by atoms with Crippen LogP contribution >= 0.6 is 11.6 Å². The minimum atomic E-state index is -0.418. The van der Waals surface area contributed by atoms with E-state index in [-0.39, 0.29) is 18.9 Å². The van der Waals surface area contributed by atoms with E-state index in [0.29, 0.717) is 16.3 Å². The summed E-state index contributed by atoms with van der Waals surface area (Å²) >= 11 is 6.04. The molecular formula is C15H15ClFNO2. The van der Waals surface area contributed by atoms with Crippen molar-refractivity contribution in [2.24, 2.45) is 5.73 Å². The number of rotatable bonds is 5. The first kappa shape index (κ1) is 14.6. The highest BCUT2D eigenvalue weighted by Crippen LogP contribution is 2.27. The molecule has 0 aliphatic carbocycles. The summed E-state index contributed by atoms with van der Waals surface area (Å²) in [6, 6.07) is 10.0. The molecule has 20 heavy (non-hydrogen) atoms. The molecule has 0 heterocycles. The summed E-state index contributed by atoms with van der Waals surface area (Å²) < 4.78 is 24.1. The minimum Gasteiger partial charge on any atom is -0.494 e. The molecular weight excluding hydrogens is 281 g/mol. The van der Waals surface area contributed by atoms with Gasteiger partial charge in [0.2, 0.25) is 0 Å². The Morgan fingerprint density at radius 1 is 1.20 bits per heavy atom. The van der Waals surface area contributed by atoms with Crippen molar-refractivity contribution in [2.75, 3.05) is 7.11 Å². The van der Waals surface area contributed by atoms with E-state index in [4.69, 9.17) is 26.8 Å². The summed E-state index contributed by atoms with van der Waals surface area (Å²) in [7, 11) is 1.42. The summed E-state index contributed by atoms with van der Waals surface area (Å²) in [6.07, 6.45) is 0. The van der Waals surface area contributed by atoms with E-state index < -0.39 is 5.82 Å². The average molecular weight is 296 g/mol. The standard InChI is InChI=1S/C15H15ClFNO2/c1-19-15-6-5-10(7-13(15)17)9-20-14-4-2-3-12(16)11(14)8-18/h2-7H,8-9,18H2,1H3. The highest BCUT2D eigenvalue weighted by Gasteiger charge is 2.08. The van der Waals surface area contributed by atoms with E-state index in [1.54, 1.807) is 30.3 Å².